The highest BCUT2D eigenvalue weighted by Gasteiger charge is 2.30. The number of hydrogen-bond acceptors (Lipinski definition) is 7. The zero-order valence-corrected chi connectivity index (χ0v) is 18.4. The van der Waals surface area contributed by atoms with Crippen LogP contribution in [-0.4, -0.2) is 40.1 Å². The first-order valence-corrected chi connectivity index (χ1v) is 10.6. The molecule has 0 saturated carbocycles. The molecule has 1 N–H and O–H groups in total. The van der Waals surface area contributed by atoms with E-state index >= 15 is 0 Å². The predicted octanol–water partition coefficient (Wildman–Crippen LogP) is 4.60. The molecule has 5 aromatic rings. The molecule has 34 heavy (non-hydrogen) atoms. The Morgan fingerprint density at radius 3 is 2.44 bits per heavy atom. The topological polar surface area (TPSA) is 108 Å². The summed E-state index contributed by atoms with van der Waals surface area (Å²) >= 11 is 0. The molecule has 0 spiro atoms. The van der Waals surface area contributed by atoms with Crippen molar-refractivity contribution in [1.29, 1.82) is 0 Å². The maximum absolute atomic E-state index is 13.2. The van der Waals surface area contributed by atoms with Gasteiger partial charge in [-0.25, -0.2) is 14.8 Å². The average Bonchev–Trinajstić information content (AvgIpc) is 3.49. The second-order valence-electron chi connectivity index (χ2n) is 7.27. The van der Waals surface area contributed by atoms with Crippen molar-refractivity contribution in [1.82, 2.24) is 14.5 Å². The maximum Gasteiger partial charge on any atom is 0.344 e. The minimum absolute atomic E-state index is 0.0812. The monoisotopic (exact) mass is 456 g/mol. The molecule has 9 nitrogen and oxygen atoms in total. The van der Waals surface area contributed by atoms with Crippen molar-refractivity contribution in [3.05, 3.63) is 78.3 Å². The first kappa shape index (κ1) is 21.2. The number of fused-ring (bicyclic) bond motifs is 2. The molecule has 0 aliphatic carbocycles. The quantitative estimate of drug-likeness (QED) is 0.372. The van der Waals surface area contributed by atoms with Crippen LogP contribution in [0.25, 0.3) is 27.9 Å². The molecule has 0 atom stereocenters. The number of methoxy groups -OCH3 is 1. The van der Waals surface area contributed by atoms with Crippen LogP contribution in [0.3, 0.4) is 0 Å². The van der Waals surface area contributed by atoms with Gasteiger partial charge >= 0.3 is 5.97 Å². The molecule has 0 aliphatic rings. The van der Waals surface area contributed by atoms with Gasteiger partial charge in [0, 0.05) is 0 Å². The van der Waals surface area contributed by atoms with Crippen LogP contribution in [0.1, 0.15) is 27.8 Å². The SMILES string of the molecule is CCOC(=O)c1c(NC(=O)c2ccco2)n(-c2ccccc2OC)c2nc3ccccc3nc12. The van der Waals surface area contributed by atoms with Crippen molar-refractivity contribution in [3.8, 4) is 11.4 Å². The first-order chi connectivity index (χ1) is 16.6. The van der Waals surface area contributed by atoms with Crippen LogP contribution in [0, 0.1) is 0 Å². The molecule has 0 radical (unpaired) electrons. The second kappa shape index (κ2) is 8.70. The minimum Gasteiger partial charge on any atom is -0.495 e. The van der Waals surface area contributed by atoms with Gasteiger partial charge in [-0.1, -0.05) is 24.3 Å². The predicted molar refractivity (Wildman–Crippen MR) is 126 cm³/mol. The highest BCUT2D eigenvalue weighted by atomic mass is 16.5. The molecule has 0 aliphatic heterocycles. The summed E-state index contributed by atoms with van der Waals surface area (Å²) in [4.78, 5) is 35.7. The summed E-state index contributed by atoms with van der Waals surface area (Å²) in [7, 11) is 1.54. The highest BCUT2D eigenvalue weighted by Crippen LogP contribution is 2.36. The van der Waals surface area contributed by atoms with Gasteiger partial charge in [0.05, 0.1) is 36.7 Å². The number of carbonyl (C=O) groups excluding carboxylic acids is 2. The molecule has 9 heteroatoms. The number of furan rings is 1. The fourth-order valence-corrected chi connectivity index (χ4v) is 3.79. The van der Waals surface area contributed by atoms with Crippen LogP contribution in [-0.2, 0) is 4.74 Å². The molecular formula is C25H20N4O5. The number of para-hydroxylation sites is 4. The summed E-state index contributed by atoms with van der Waals surface area (Å²) in [6.07, 6.45) is 1.40. The Hall–Kier alpha value is -4.66. The molecule has 0 fully saturated rings. The Kier molecular flexibility index (Phi) is 5.43. The van der Waals surface area contributed by atoms with E-state index in [0.29, 0.717) is 28.1 Å². The van der Waals surface area contributed by atoms with Gasteiger partial charge in [0.2, 0.25) is 0 Å². The van der Waals surface area contributed by atoms with Gasteiger partial charge in [-0.3, -0.25) is 9.36 Å². The Morgan fingerprint density at radius 1 is 1.00 bits per heavy atom. The Labute approximate surface area is 193 Å². The number of hydrogen-bond donors (Lipinski definition) is 1. The molecule has 0 bridgehead atoms. The van der Waals surface area contributed by atoms with Crippen LogP contribution in [0.4, 0.5) is 5.82 Å². The van der Waals surface area contributed by atoms with Crippen molar-refractivity contribution in [2.24, 2.45) is 0 Å². The number of rotatable bonds is 6. The zero-order valence-electron chi connectivity index (χ0n) is 18.4. The number of esters is 1. The normalized spacial score (nSPS) is 11.0. The third-order valence-electron chi connectivity index (χ3n) is 5.24. The fourth-order valence-electron chi connectivity index (χ4n) is 3.79. The van der Waals surface area contributed by atoms with Crippen LogP contribution < -0.4 is 10.1 Å². The Balaban J connectivity index is 1.88. The average molecular weight is 456 g/mol. The van der Waals surface area contributed by atoms with E-state index in [-0.39, 0.29) is 29.3 Å². The highest BCUT2D eigenvalue weighted by molar-refractivity contribution is 6.13. The van der Waals surface area contributed by atoms with E-state index in [1.807, 2.05) is 30.3 Å². The van der Waals surface area contributed by atoms with Crippen molar-refractivity contribution in [2.45, 2.75) is 6.92 Å². The van der Waals surface area contributed by atoms with E-state index in [1.54, 1.807) is 42.9 Å². The summed E-state index contributed by atoms with van der Waals surface area (Å²) < 4.78 is 17.8. The largest absolute Gasteiger partial charge is 0.495 e. The molecule has 3 aromatic heterocycles. The maximum atomic E-state index is 13.2. The number of ether oxygens (including phenoxy) is 2. The summed E-state index contributed by atoms with van der Waals surface area (Å²) in [5.74, 6) is -0.440. The molecule has 0 saturated heterocycles. The lowest BCUT2D eigenvalue weighted by molar-refractivity contribution is 0.0529. The summed E-state index contributed by atoms with van der Waals surface area (Å²) in [5, 5.41) is 2.81. The standard InChI is InChI=1S/C25H20N4O5/c1-3-33-25(31)20-21-23(27-16-10-5-4-9-15(16)26-21)29(17-11-6-7-12-18(17)32-2)22(20)28-24(30)19-13-8-14-34-19/h4-14H,3H2,1-2H3,(H,28,30). The third-order valence-corrected chi connectivity index (χ3v) is 5.24. The second-order valence-corrected chi connectivity index (χ2v) is 7.27. The van der Waals surface area contributed by atoms with Crippen molar-refractivity contribution >= 4 is 39.9 Å². The van der Waals surface area contributed by atoms with Crippen molar-refractivity contribution < 1.29 is 23.5 Å². The van der Waals surface area contributed by atoms with Gasteiger partial charge in [-0.15, -0.1) is 0 Å². The van der Waals surface area contributed by atoms with Crippen LogP contribution >= 0.6 is 0 Å². The molecule has 1 amide bonds. The van der Waals surface area contributed by atoms with Crippen LogP contribution in [0.5, 0.6) is 5.75 Å². The molecule has 0 unspecified atom stereocenters. The first-order valence-electron chi connectivity index (χ1n) is 10.6. The molecule has 5 rings (SSSR count). The molecule has 3 heterocycles. The van der Waals surface area contributed by atoms with E-state index in [4.69, 9.17) is 23.9 Å². The number of nitrogens with zero attached hydrogens (tertiary/aromatic N) is 3. The van der Waals surface area contributed by atoms with Gasteiger partial charge < -0.3 is 19.2 Å². The van der Waals surface area contributed by atoms with Gasteiger partial charge in [-0.2, -0.15) is 0 Å². The summed E-state index contributed by atoms with van der Waals surface area (Å²) in [6, 6.07) is 17.7. The minimum atomic E-state index is -0.638. The number of nitrogens with one attached hydrogen (secondary N) is 1. The van der Waals surface area contributed by atoms with E-state index in [2.05, 4.69) is 5.32 Å². The molecule has 170 valence electrons. The van der Waals surface area contributed by atoms with Crippen molar-refractivity contribution in [3.63, 3.8) is 0 Å². The van der Waals surface area contributed by atoms with Gasteiger partial charge in [-0.05, 0) is 43.3 Å². The number of carbonyl (C=O) groups is 2. The zero-order chi connectivity index (χ0) is 23.7. The number of aromatic nitrogens is 3. The number of benzene rings is 2. The number of anilines is 1. The van der Waals surface area contributed by atoms with Gasteiger partial charge in [0.25, 0.3) is 5.91 Å². The lowest BCUT2D eigenvalue weighted by Crippen LogP contribution is -2.17. The van der Waals surface area contributed by atoms with E-state index in [1.165, 1.54) is 12.3 Å². The smallest absolute Gasteiger partial charge is 0.344 e. The molecular weight excluding hydrogens is 436 g/mol. The van der Waals surface area contributed by atoms with Gasteiger partial charge in [0.15, 0.2) is 11.4 Å². The van der Waals surface area contributed by atoms with Crippen LogP contribution in [0.15, 0.2) is 71.3 Å². The van der Waals surface area contributed by atoms with Crippen molar-refractivity contribution in [2.75, 3.05) is 19.0 Å². The van der Waals surface area contributed by atoms with Crippen LogP contribution in [0.2, 0.25) is 0 Å². The van der Waals surface area contributed by atoms with E-state index in [0.717, 1.165) is 0 Å². The molecule has 2 aromatic carbocycles. The fraction of sp³-hybridized carbons (Fsp3) is 0.120. The summed E-state index contributed by atoms with van der Waals surface area (Å²) in [6.45, 7) is 1.85. The van der Waals surface area contributed by atoms with E-state index in [9.17, 15) is 9.59 Å². The van der Waals surface area contributed by atoms with Gasteiger partial charge in [0.1, 0.15) is 22.6 Å². The van der Waals surface area contributed by atoms with E-state index < -0.39 is 11.9 Å². The Bertz CT molecular complexity index is 1520. The lowest BCUT2D eigenvalue weighted by atomic mass is 10.2. The third kappa shape index (κ3) is 3.53. The summed E-state index contributed by atoms with van der Waals surface area (Å²) in [5.41, 5.74) is 2.52. The number of amides is 1. The Morgan fingerprint density at radius 2 is 1.74 bits per heavy atom. The lowest BCUT2D eigenvalue weighted by Gasteiger charge is -2.15.